The van der Waals surface area contributed by atoms with Gasteiger partial charge in [-0.1, -0.05) is 28.1 Å². The van der Waals surface area contributed by atoms with E-state index < -0.39 is 0 Å². The summed E-state index contributed by atoms with van der Waals surface area (Å²) >= 11 is 3.25. The van der Waals surface area contributed by atoms with Crippen molar-refractivity contribution in [1.82, 2.24) is 15.0 Å². The summed E-state index contributed by atoms with van der Waals surface area (Å²) < 4.78 is 25.9. The Morgan fingerprint density at radius 1 is 1.07 bits per heavy atom. The topological polar surface area (TPSA) is 60.0 Å². The Labute approximate surface area is 175 Å². The van der Waals surface area contributed by atoms with Crippen molar-refractivity contribution in [3.63, 3.8) is 0 Å². The van der Waals surface area contributed by atoms with Crippen LogP contribution in [0.3, 0.4) is 0 Å². The second-order valence-electron chi connectivity index (χ2n) is 6.25. The van der Waals surface area contributed by atoms with Crippen molar-refractivity contribution in [2.45, 2.75) is 6.61 Å². The van der Waals surface area contributed by atoms with Gasteiger partial charge in [0.25, 0.3) is 0 Å². The molecule has 0 radical (unpaired) electrons. The predicted octanol–water partition coefficient (Wildman–Crippen LogP) is 5.63. The van der Waals surface area contributed by atoms with Gasteiger partial charge in [0, 0.05) is 27.9 Å². The van der Waals surface area contributed by atoms with Crippen LogP contribution in [0.4, 0.5) is 4.39 Å². The van der Waals surface area contributed by atoms with Gasteiger partial charge in [-0.15, -0.1) is 0 Å². The Morgan fingerprint density at radius 2 is 1.97 bits per heavy atom. The van der Waals surface area contributed by atoms with E-state index in [1.165, 1.54) is 6.07 Å². The zero-order chi connectivity index (χ0) is 20.2. The van der Waals surface area contributed by atoms with Crippen molar-refractivity contribution >= 4 is 15.9 Å². The van der Waals surface area contributed by atoms with Crippen LogP contribution in [-0.2, 0) is 6.61 Å². The molecule has 0 aliphatic rings. The van der Waals surface area contributed by atoms with Crippen molar-refractivity contribution in [3.05, 3.63) is 82.8 Å². The van der Waals surface area contributed by atoms with Crippen LogP contribution in [0.25, 0.3) is 22.8 Å². The summed E-state index contributed by atoms with van der Waals surface area (Å²) in [5.41, 5.74) is 2.87. The van der Waals surface area contributed by atoms with Crippen molar-refractivity contribution in [1.29, 1.82) is 0 Å². The molecule has 0 aliphatic heterocycles. The Morgan fingerprint density at radius 3 is 2.72 bits per heavy atom. The first-order chi connectivity index (χ1) is 14.1. The Kier molecular flexibility index (Phi) is 5.57. The van der Waals surface area contributed by atoms with E-state index in [1.807, 2.05) is 30.3 Å². The maximum Gasteiger partial charge on any atom is 0.156 e. The smallest absolute Gasteiger partial charge is 0.156 e. The van der Waals surface area contributed by atoms with Gasteiger partial charge in [-0.05, 0) is 36.4 Å². The van der Waals surface area contributed by atoms with Gasteiger partial charge < -0.3 is 14.5 Å². The van der Waals surface area contributed by atoms with Crippen molar-refractivity contribution in [3.8, 4) is 34.3 Å². The average molecular weight is 454 g/mol. The second-order valence-corrected chi connectivity index (χ2v) is 7.16. The van der Waals surface area contributed by atoms with E-state index in [0.29, 0.717) is 27.4 Å². The molecule has 0 spiro atoms. The van der Waals surface area contributed by atoms with Crippen LogP contribution in [0.2, 0.25) is 0 Å². The SMILES string of the molecule is COc1cc(OCc2ccc(Br)cc2F)ccc1-c1cnc(-c2ccccn2)[nH]1. The zero-order valence-corrected chi connectivity index (χ0v) is 17.1. The number of aromatic nitrogens is 3. The lowest BCUT2D eigenvalue weighted by molar-refractivity contribution is 0.297. The summed E-state index contributed by atoms with van der Waals surface area (Å²) in [7, 11) is 1.59. The Bertz CT molecular complexity index is 1130. The molecule has 146 valence electrons. The highest BCUT2D eigenvalue weighted by Gasteiger charge is 2.12. The highest BCUT2D eigenvalue weighted by Crippen LogP contribution is 2.33. The number of nitrogens with zero attached hydrogens (tertiary/aromatic N) is 2. The number of nitrogens with one attached hydrogen (secondary N) is 1. The molecule has 4 aromatic rings. The molecule has 5 nitrogen and oxygen atoms in total. The number of methoxy groups -OCH3 is 1. The van der Waals surface area contributed by atoms with Crippen molar-refractivity contribution in [2.75, 3.05) is 7.11 Å². The fraction of sp³-hybridized carbons (Fsp3) is 0.0909. The molecule has 1 N–H and O–H groups in total. The molecular formula is C22H17BrFN3O2. The van der Waals surface area contributed by atoms with Crippen molar-refractivity contribution < 1.29 is 13.9 Å². The summed E-state index contributed by atoms with van der Waals surface area (Å²) in [6.45, 7) is 0.121. The van der Waals surface area contributed by atoms with E-state index in [0.717, 1.165) is 17.0 Å². The zero-order valence-electron chi connectivity index (χ0n) is 15.5. The maximum absolute atomic E-state index is 14.0. The lowest BCUT2D eigenvalue weighted by Crippen LogP contribution is -1.99. The molecule has 2 heterocycles. The lowest BCUT2D eigenvalue weighted by Gasteiger charge is -2.11. The van der Waals surface area contributed by atoms with Crippen molar-refractivity contribution in [2.24, 2.45) is 0 Å². The van der Waals surface area contributed by atoms with Gasteiger partial charge in [-0.25, -0.2) is 9.37 Å². The Balaban J connectivity index is 1.55. The van der Waals surface area contributed by atoms with Gasteiger partial charge in [0.15, 0.2) is 5.82 Å². The van der Waals surface area contributed by atoms with E-state index in [2.05, 4.69) is 30.9 Å². The molecule has 7 heteroatoms. The number of ether oxygens (including phenoxy) is 2. The number of benzene rings is 2. The quantitative estimate of drug-likeness (QED) is 0.411. The molecule has 2 aromatic heterocycles. The van der Waals surface area contributed by atoms with Gasteiger partial charge >= 0.3 is 0 Å². The summed E-state index contributed by atoms with van der Waals surface area (Å²) in [5, 5.41) is 0. The third-order valence-electron chi connectivity index (χ3n) is 4.36. The molecule has 0 aliphatic carbocycles. The first-order valence-corrected chi connectivity index (χ1v) is 9.65. The molecule has 0 atom stereocenters. The van der Waals surface area contributed by atoms with Crippen LogP contribution in [-0.4, -0.2) is 22.1 Å². The summed E-state index contributed by atoms with van der Waals surface area (Å²) in [4.78, 5) is 12.0. The number of rotatable bonds is 6. The number of halogens is 2. The van der Waals surface area contributed by atoms with E-state index in [4.69, 9.17) is 9.47 Å². The molecule has 0 saturated carbocycles. The highest BCUT2D eigenvalue weighted by atomic mass is 79.9. The monoisotopic (exact) mass is 453 g/mol. The number of aromatic amines is 1. The van der Waals surface area contributed by atoms with Gasteiger partial charge in [0.05, 0.1) is 19.0 Å². The second kappa shape index (κ2) is 8.45. The van der Waals surface area contributed by atoms with Gasteiger partial charge in [-0.2, -0.15) is 0 Å². The summed E-state index contributed by atoms with van der Waals surface area (Å²) in [6.07, 6.45) is 3.46. The molecular weight excluding hydrogens is 437 g/mol. The van der Waals surface area contributed by atoms with Crippen LogP contribution in [0.15, 0.2) is 71.5 Å². The largest absolute Gasteiger partial charge is 0.496 e. The third-order valence-corrected chi connectivity index (χ3v) is 4.85. The third kappa shape index (κ3) is 4.30. The lowest BCUT2D eigenvalue weighted by atomic mass is 10.1. The molecule has 4 rings (SSSR count). The van der Waals surface area contributed by atoms with Crippen LogP contribution >= 0.6 is 15.9 Å². The first kappa shape index (κ1) is 19.1. The molecule has 0 fully saturated rings. The normalized spacial score (nSPS) is 10.7. The van der Waals surface area contributed by atoms with Gasteiger partial charge in [0.2, 0.25) is 0 Å². The number of H-pyrrole nitrogens is 1. The molecule has 0 amide bonds. The standard InChI is InChI=1S/C22H17BrFN3O2/c1-28-21-11-16(29-13-14-5-6-15(23)10-18(14)24)7-8-17(21)20-12-26-22(27-20)19-4-2-3-9-25-19/h2-12H,13H2,1H3,(H,26,27). The fourth-order valence-electron chi connectivity index (χ4n) is 2.87. The van der Waals surface area contributed by atoms with Gasteiger partial charge in [-0.3, -0.25) is 4.98 Å². The summed E-state index contributed by atoms with van der Waals surface area (Å²) in [6, 6.07) is 16.0. The molecule has 0 unspecified atom stereocenters. The number of hydrogen-bond acceptors (Lipinski definition) is 4. The van der Waals surface area contributed by atoms with E-state index in [1.54, 1.807) is 37.7 Å². The maximum atomic E-state index is 14.0. The first-order valence-electron chi connectivity index (χ1n) is 8.85. The minimum Gasteiger partial charge on any atom is -0.496 e. The summed E-state index contributed by atoms with van der Waals surface area (Å²) in [5.74, 6) is 1.56. The predicted molar refractivity (Wildman–Crippen MR) is 112 cm³/mol. The molecule has 2 aromatic carbocycles. The van der Waals surface area contributed by atoms with Crippen LogP contribution in [0, 0.1) is 5.82 Å². The minimum absolute atomic E-state index is 0.121. The number of hydrogen-bond donors (Lipinski definition) is 1. The van der Waals surface area contributed by atoms with Crippen LogP contribution in [0.1, 0.15) is 5.56 Å². The number of imidazole rings is 1. The molecule has 0 bridgehead atoms. The molecule has 29 heavy (non-hydrogen) atoms. The Hall–Kier alpha value is -3.19. The van der Waals surface area contributed by atoms with E-state index >= 15 is 0 Å². The fourth-order valence-corrected chi connectivity index (χ4v) is 3.21. The number of pyridine rings is 1. The average Bonchev–Trinajstić information content (AvgIpc) is 3.23. The van der Waals surface area contributed by atoms with Crippen LogP contribution < -0.4 is 9.47 Å². The van der Waals surface area contributed by atoms with Gasteiger partial charge in [0.1, 0.15) is 29.6 Å². The van der Waals surface area contributed by atoms with E-state index in [-0.39, 0.29) is 12.4 Å². The highest BCUT2D eigenvalue weighted by molar-refractivity contribution is 9.10. The van der Waals surface area contributed by atoms with Crippen LogP contribution in [0.5, 0.6) is 11.5 Å². The van der Waals surface area contributed by atoms with E-state index in [9.17, 15) is 4.39 Å². The molecule has 0 saturated heterocycles. The minimum atomic E-state index is -0.317.